The van der Waals surface area contributed by atoms with Gasteiger partial charge in [-0.2, -0.15) is 4.98 Å². The molecule has 17 heteroatoms. The van der Waals surface area contributed by atoms with Crippen LogP contribution in [-0.4, -0.2) is 92.3 Å². The predicted octanol–water partition coefficient (Wildman–Crippen LogP) is 7.43. The van der Waals surface area contributed by atoms with Crippen molar-refractivity contribution < 1.29 is 37.1 Å². The summed E-state index contributed by atoms with van der Waals surface area (Å²) < 4.78 is 42.4. The van der Waals surface area contributed by atoms with Crippen LogP contribution in [0.15, 0.2) is 35.7 Å². The molecule has 3 aliphatic carbocycles. The number of nitrogens with one attached hydrogen (secondary N) is 3. The highest BCUT2D eigenvalue weighted by Gasteiger charge is 2.63. The van der Waals surface area contributed by atoms with E-state index in [4.69, 9.17) is 19.4 Å². The lowest BCUT2D eigenvalue weighted by Gasteiger charge is -2.30. The number of carbonyl (C=O) groups excluding carboxylic acids is 4. The van der Waals surface area contributed by atoms with E-state index in [0.717, 1.165) is 53.0 Å². The number of benzene rings is 1. The molecule has 1 aromatic carbocycles. The predicted molar refractivity (Wildman–Crippen MR) is 248 cm³/mol. The Hall–Kier alpha value is -4.95. The molecule has 4 amide bonds. The van der Waals surface area contributed by atoms with Crippen LogP contribution in [-0.2, 0) is 29.1 Å². The van der Waals surface area contributed by atoms with Gasteiger partial charge in [-0.1, -0.05) is 56.2 Å². The van der Waals surface area contributed by atoms with Gasteiger partial charge in [-0.15, -0.1) is 17.3 Å². The van der Waals surface area contributed by atoms with Crippen LogP contribution >= 0.6 is 11.3 Å². The molecule has 0 unspecified atom stereocenters. The van der Waals surface area contributed by atoms with Gasteiger partial charge < -0.3 is 25.0 Å². The lowest BCUT2D eigenvalue weighted by Crippen LogP contribution is -2.58. The van der Waals surface area contributed by atoms with Crippen LogP contribution in [0.25, 0.3) is 21.6 Å². The highest BCUT2D eigenvalue weighted by Crippen LogP contribution is 2.48. The number of aromatic nitrogens is 3. The number of imidazole rings is 1. The van der Waals surface area contributed by atoms with E-state index in [1.54, 1.807) is 39.0 Å². The maximum atomic E-state index is 14.8. The van der Waals surface area contributed by atoms with E-state index < -0.39 is 73.8 Å². The van der Waals surface area contributed by atoms with Crippen LogP contribution in [0.2, 0.25) is 0 Å². The maximum absolute atomic E-state index is 14.8. The van der Waals surface area contributed by atoms with Gasteiger partial charge in [0.1, 0.15) is 39.9 Å². The average Bonchev–Trinajstić information content (AvgIpc) is 3.96. The van der Waals surface area contributed by atoms with Crippen molar-refractivity contribution in [3.05, 3.63) is 41.4 Å². The van der Waals surface area contributed by atoms with Gasteiger partial charge in [0.15, 0.2) is 4.75 Å². The summed E-state index contributed by atoms with van der Waals surface area (Å²) in [4.78, 5) is 68.6. The van der Waals surface area contributed by atoms with Crippen LogP contribution in [0.4, 0.5) is 4.79 Å². The quantitative estimate of drug-likeness (QED) is 0.144. The monoisotopic (exact) mass is 929 g/mol. The number of para-hydroxylation sites is 1. The number of nitrogens with zero attached hydrogens (tertiary/aromatic N) is 4. The fourth-order valence-electron chi connectivity index (χ4n) is 9.72. The Morgan fingerprint density at radius 3 is 2.48 bits per heavy atom. The van der Waals surface area contributed by atoms with E-state index in [-0.39, 0.29) is 25.4 Å². The van der Waals surface area contributed by atoms with Crippen molar-refractivity contribution in [2.24, 2.45) is 5.92 Å². The van der Waals surface area contributed by atoms with Crippen molar-refractivity contribution >= 4 is 56.2 Å². The molecule has 65 heavy (non-hydrogen) atoms. The zero-order valence-electron chi connectivity index (χ0n) is 38.4. The van der Waals surface area contributed by atoms with Crippen LogP contribution in [0, 0.1) is 17.8 Å². The number of alkyl carbamates (subject to hydrolysis) is 1. The first-order valence-electron chi connectivity index (χ1n) is 23.4. The molecule has 4 fully saturated rings. The standard InChI is InChI=1S/C48H63N7O8S2/c1-7-23-47(24-25-47)65(60,61)53-43(58)48-27-32(48)19-14-9-8-10-15-21-35(50-45(59)63-46(4,5)6)42(57)54-28-33(26-38(54)40(56)52-48)62-44-51-39-34(20-16-22-37(39)55(44)30(2)3)41-49-36(29-64-41)31-17-12-11-13-18-31/h14,16,19-20,22,29-33,35,38H,8-13,15,17-18,21,24-28H2,1-6H3,(H,50,59)(H,52,56)(H,53,58)/t32-,33-,35+,38+,48-/m1/s1. The number of sulfonamides is 1. The molecule has 0 radical (unpaired) electrons. The molecule has 3 aromatic rings. The Morgan fingerprint density at radius 2 is 1.77 bits per heavy atom. The lowest BCUT2D eigenvalue weighted by atomic mass is 9.87. The largest absolute Gasteiger partial charge is 0.459 e. The second-order valence-corrected chi connectivity index (χ2v) is 22.6. The second-order valence-electron chi connectivity index (χ2n) is 19.8. The molecule has 2 aromatic heterocycles. The van der Waals surface area contributed by atoms with Crippen molar-refractivity contribution in [2.45, 2.75) is 177 Å². The Balaban J connectivity index is 1.11. The van der Waals surface area contributed by atoms with Gasteiger partial charge in [0.2, 0.25) is 11.8 Å². The van der Waals surface area contributed by atoms with Gasteiger partial charge in [-0.05, 0) is 105 Å². The number of fused-ring (bicyclic) bond motifs is 3. The minimum absolute atomic E-state index is 0.0239. The maximum Gasteiger partial charge on any atom is 0.408 e. The second kappa shape index (κ2) is 18.4. The number of allylic oxidation sites excluding steroid dienone is 1. The summed E-state index contributed by atoms with van der Waals surface area (Å²) >= 11 is 1.62. The van der Waals surface area contributed by atoms with Crippen LogP contribution in [0.5, 0.6) is 6.01 Å². The molecule has 5 aliphatic rings. The summed E-state index contributed by atoms with van der Waals surface area (Å²) in [5, 5.41) is 8.79. The fraction of sp³-hybridized carbons (Fsp3) is 0.625. The molecular formula is C48H63N7O8S2. The van der Waals surface area contributed by atoms with E-state index in [9.17, 15) is 27.6 Å². The third-order valence-electron chi connectivity index (χ3n) is 13.4. The van der Waals surface area contributed by atoms with Crippen LogP contribution < -0.4 is 20.1 Å². The molecule has 3 saturated carbocycles. The first-order chi connectivity index (χ1) is 30.9. The number of hydrogen-bond acceptors (Lipinski definition) is 11. The van der Waals surface area contributed by atoms with Crippen molar-refractivity contribution in [1.82, 2.24) is 34.8 Å². The third kappa shape index (κ3) is 9.80. The first kappa shape index (κ1) is 46.6. The summed E-state index contributed by atoms with van der Waals surface area (Å²) in [6.45, 7) is 10.8. The number of hydrogen-bond donors (Lipinski definition) is 3. The number of amides is 4. The summed E-state index contributed by atoms with van der Waals surface area (Å²) in [5.74, 6) is 3.47. The molecule has 5 atom stereocenters. The molecule has 4 heterocycles. The highest BCUT2D eigenvalue weighted by atomic mass is 32.2. The fourth-order valence-corrected chi connectivity index (χ4v) is 12.1. The Kier molecular flexibility index (Phi) is 13.2. The van der Waals surface area contributed by atoms with E-state index in [0.29, 0.717) is 44.0 Å². The number of ether oxygens (including phenoxy) is 2. The topological polar surface area (TPSA) is 191 Å². The molecule has 0 spiro atoms. The Labute approximate surface area is 386 Å². The van der Waals surface area contributed by atoms with Crippen LogP contribution in [0.1, 0.15) is 149 Å². The molecular weight excluding hydrogens is 867 g/mol. The van der Waals surface area contributed by atoms with E-state index in [1.807, 2.05) is 48.8 Å². The average molecular weight is 930 g/mol. The summed E-state index contributed by atoms with van der Waals surface area (Å²) in [7, 11) is -4.20. The zero-order valence-corrected chi connectivity index (χ0v) is 40.0. The van der Waals surface area contributed by atoms with Gasteiger partial charge in [-0.25, -0.2) is 22.9 Å². The van der Waals surface area contributed by atoms with Gasteiger partial charge in [0.25, 0.3) is 21.9 Å². The highest BCUT2D eigenvalue weighted by molar-refractivity contribution is 7.92. The lowest BCUT2D eigenvalue weighted by molar-refractivity contribution is -0.141. The zero-order chi connectivity index (χ0) is 46.3. The number of rotatable bonds is 9. The van der Waals surface area contributed by atoms with Crippen molar-refractivity contribution in [1.29, 1.82) is 0 Å². The Bertz CT molecular complexity index is 2520. The molecule has 1 saturated heterocycles. The number of thiazole rings is 1. The van der Waals surface area contributed by atoms with Gasteiger partial charge in [0.05, 0.1) is 17.8 Å². The summed E-state index contributed by atoms with van der Waals surface area (Å²) in [5.41, 5.74) is 1.23. The van der Waals surface area contributed by atoms with Gasteiger partial charge in [-0.3, -0.25) is 19.0 Å². The van der Waals surface area contributed by atoms with E-state index >= 15 is 0 Å². The molecule has 3 N–H and O–H groups in total. The normalized spacial score (nSPS) is 26.2. The van der Waals surface area contributed by atoms with Crippen molar-refractivity contribution in [3.8, 4) is 28.4 Å². The molecule has 15 nitrogen and oxygen atoms in total. The molecule has 2 aliphatic heterocycles. The molecule has 0 bridgehead atoms. The van der Waals surface area contributed by atoms with Gasteiger partial charge >= 0.3 is 6.09 Å². The smallest absolute Gasteiger partial charge is 0.408 e. The first-order valence-corrected chi connectivity index (χ1v) is 25.7. The molecule has 350 valence electrons. The van der Waals surface area contributed by atoms with Gasteiger partial charge in [0, 0.05) is 35.2 Å². The minimum atomic E-state index is -4.20. The van der Waals surface area contributed by atoms with Crippen LogP contribution in [0.3, 0.4) is 0 Å². The minimum Gasteiger partial charge on any atom is -0.459 e. The van der Waals surface area contributed by atoms with Crippen molar-refractivity contribution in [2.75, 3.05) is 6.54 Å². The number of carbonyl (C=O) groups is 4. The Morgan fingerprint density at radius 1 is 1.03 bits per heavy atom. The van der Waals surface area contributed by atoms with E-state index in [1.165, 1.54) is 24.2 Å². The SMILES string of the molecule is CC#CC1(S(=O)(=O)NC(=O)[C@@]23C[C@H]2C=CCCCCC[C@H](NC(=O)OC(C)(C)C)C(=O)N2C[C@H](Oc4nc5c(-c6nc(C7CCCCC7)cs6)cccc5n4C(C)C)C[C@H]2C(=O)N3)CC1. The van der Waals surface area contributed by atoms with Crippen molar-refractivity contribution in [3.63, 3.8) is 0 Å². The third-order valence-corrected chi connectivity index (χ3v) is 16.3. The molecule has 8 rings (SSSR count). The summed E-state index contributed by atoms with van der Waals surface area (Å²) in [6.07, 6.45) is 12.3. The summed E-state index contributed by atoms with van der Waals surface area (Å²) in [6, 6.07) is 4.11. The van der Waals surface area contributed by atoms with E-state index in [2.05, 4.69) is 32.6 Å².